The highest BCUT2D eigenvalue weighted by atomic mass is 32.2. The molecule has 2 N–H and O–H groups in total. The molecule has 0 saturated carbocycles. The summed E-state index contributed by atoms with van der Waals surface area (Å²) >= 11 is 0. The molecule has 0 aliphatic rings. The van der Waals surface area contributed by atoms with Crippen LogP contribution in [0.5, 0.6) is 0 Å². The summed E-state index contributed by atoms with van der Waals surface area (Å²) in [4.78, 5) is -0.776. The van der Waals surface area contributed by atoms with E-state index in [2.05, 4.69) is 0 Å². The minimum absolute atomic E-state index is 0.270. The van der Waals surface area contributed by atoms with Gasteiger partial charge >= 0.3 is 5.51 Å². The van der Waals surface area contributed by atoms with Crippen molar-refractivity contribution in [3.05, 3.63) is 35.9 Å². The van der Waals surface area contributed by atoms with Crippen LogP contribution in [0.15, 0.2) is 35.2 Å². The molecular weight excluding hydrogens is 267 g/mol. The van der Waals surface area contributed by atoms with E-state index in [1.807, 2.05) is 0 Å². The number of benzene rings is 1. The smallest absolute Gasteiger partial charge is 0.325 e. The second-order valence-corrected chi connectivity index (χ2v) is 5.68. The fourth-order valence-corrected chi connectivity index (χ4v) is 2.00. The van der Waals surface area contributed by atoms with Gasteiger partial charge in [-0.05, 0) is 24.6 Å². The molecule has 0 spiro atoms. The molecule has 1 rings (SSSR count). The van der Waals surface area contributed by atoms with Gasteiger partial charge in [-0.2, -0.15) is 13.2 Å². The molecule has 0 bridgehead atoms. The van der Waals surface area contributed by atoms with Gasteiger partial charge < -0.3 is 5.73 Å². The number of hydrogen-bond acceptors (Lipinski definition) is 3. The van der Waals surface area contributed by atoms with Crippen LogP contribution in [0.2, 0.25) is 0 Å². The third-order valence-electron chi connectivity index (χ3n) is 2.07. The Balaban J connectivity index is 3.18. The summed E-state index contributed by atoms with van der Waals surface area (Å²) in [7, 11) is -5.30. The minimum atomic E-state index is -5.30. The van der Waals surface area contributed by atoms with Crippen LogP contribution in [0.3, 0.4) is 0 Å². The lowest BCUT2D eigenvalue weighted by atomic mass is 10.2. The Bertz CT molecular complexity index is 548. The van der Waals surface area contributed by atoms with E-state index in [1.54, 1.807) is 13.0 Å². The van der Waals surface area contributed by atoms with Gasteiger partial charge in [0.15, 0.2) is 0 Å². The molecule has 100 valence electrons. The van der Waals surface area contributed by atoms with Crippen molar-refractivity contribution in [2.75, 3.05) is 0 Å². The minimum Gasteiger partial charge on any atom is -0.325 e. The number of hydrogen-bond donors (Lipinski definition) is 1. The molecule has 0 aliphatic carbocycles. The normalized spacial score (nSPS) is 14.9. The molecule has 0 aliphatic heterocycles. The van der Waals surface area contributed by atoms with Gasteiger partial charge in [-0.15, -0.1) is 0 Å². The Morgan fingerprint density at radius 1 is 1.33 bits per heavy atom. The fraction of sp³-hybridized carbons (Fsp3) is 0.273. The fourth-order valence-electron chi connectivity index (χ4n) is 1.18. The Kier molecular flexibility index (Phi) is 4.18. The first-order valence-corrected chi connectivity index (χ1v) is 6.48. The maximum Gasteiger partial charge on any atom is 0.501 e. The zero-order valence-electron chi connectivity index (χ0n) is 9.48. The van der Waals surface area contributed by atoms with Crippen molar-refractivity contribution in [2.45, 2.75) is 23.4 Å². The van der Waals surface area contributed by atoms with Crippen molar-refractivity contribution in [3.63, 3.8) is 0 Å². The van der Waals surface area contributed by atoms with Crippen LogP contribution >= 0.6 is 0 Å². The second kappa shape index (κ2) is 5.11. The van der Waals surface area contributed by atoms with Crippen LogP contribution in [-0.2, 0) is 9.84 Å². The molecule has 0 fully saturated rings. The van der Waals surface area contributed by atoms with E-state index < -0.39 is 20.2 Å². The molecule has 0 heterocycles. The first-order chi connectivity index (χ1) is 8.14. The lowest BCUT2D eigenvalue weighted by molar-refractivity contribution is -0.0436. The van der Waals surface area contributed by atoms with Crippen molar-refractivity contribution in [3.8, 4) is 0 Å². The van der Waals surface area contributed by atoms with Crippen LogP contribution in [-0.4, -0.2) is 20.0 Å². The monoisotopic (exact) mass is 279 g/mol. The lowest BCUT2D eigenvalue weighted by Gasteiger charge is -2.08. The van der Waals surface area contributed by atoms with Crippen LogP contribution < -0.4 is 5.73 Å². The van der Waals surface area contributed by atoms with Crippen LogP contribution in [0.25, 0.3) is 6.08 Å². The summed E-state index contributed by atoms with van der Waals surface area (Å²) in [5.74, 6) is 0. The van der Waals surface area contributed by atoms with Gasteiger partial charge in [0.05, 0.1) is 4.90 Å². The third-order valence-corrected chi connectivity index (χ3v) is 3.55. The molecule has 18 heavy (non-hydrogen) atoms. The van der Waals surface area contributed by atoms with Gasteiger partial charge in [0.25, 0.3) is 9.84 Å². The Morgan fingerprint density at radius 2 is 1.94 bits per heavy atom. The highest BCUT2D eigenvalue weighted by Crippen LogP contribution is 2.30. The molecule has 7 heteroatoms. The molecule has 1 unspecified atom stereocenters. The van der Waals surface area contributed by atoms with E-state index in [9.17, 15) is 21.6 Å². The lowest BCUT2D eigenvalue weighted by Crippen LogP contribution is -2.23. The number of sulfone groups is 1. The summed E-state index contributed by atoms with van der Waals surface area (Å²) in [5, 5.41) is 0. The average molecular weight is 279 g/mol. The van der Waals surface area contributed by atoms with Gasteiger partial charge in [-0.25, -0.2) is 8.42 Å². The second-order valence-electron chi connectivity index (χ2n) is 3.74. The maximum absolute atomic E-state index is 12.3. The van der Waals surface area contributed by atoms with E-state index in [-0.39, 0.29) is 6.04 Å². The molecule has 3 nitrogen and oxygen atoms in total. The standard InChI is InChI=1S/C11H12F3NO2S/c1-8(15)5-6-9-3-2-4-10(7-9)18(16,17)11(12,13)14/h2-8H,15H2,1H3/b6-5+. The van der Waals surface area contributed by atoms with Gasteiger partial charge in [0.1, 0.15) is 0 Å². The van der Waals surface area contributed by atoms with E-state index in [1.165, 1.54) is 18.2 Å². The molecule has 0 saturated heterocycles. The average Bonchev–Trinajstić information content (AvgIpc) is 2.25. The number of nitrogens with two attached hydrogens (primary N) is 1. The zero-order valence-corrected chi connectivity index (χ0v) is 10.3. The van der Waals surface area contributed by atoms with Crippen molar-refractivity contribution < 1.29 is 21.6 Å². The highest BCUT2D eigenvalue weighted by Gasteiger charge is 2.46. The van der Waals surface area contributed by atoms with Crippen molar-refractivity contribution in [1.29, 1.82) is 0 Å². The van der Waals surface area contributed by atoms with Crippen molar-refractivity contribution >= 4 is 15.9 Å². The van der Waals surface area contributed by atoms with Crippen LogP contribution in [0.4, 0.5) is 13.2 Å². The summed E-state index contributed by atoms with van der Waals surface area (Å²) in [6, 6.07) is 4.34. The summed E-state index contributed by atoms with van der Waals surface area (Å²) in [6.45, 7) is 1.69. The van der Waals surface area contributed by atoms with Crippen LogP contribution in [0.1, 0.15) is 12.5 Å². The Hall–Kier alpha value is -1.34. The van der Waals surface area contributed by atoms with E-state index >= 15 is 0 Å². The number of rotatable bonds is 3. The van der Waals surface area contributed by atoms with Gasteiger partial charge in [-0.3, -0.25) is 0 Å². The molecule has 0 radical (unpaired) electrons. The predicted molar refractivity (Wildman–Crippen MR) is 62.4 cm³/mol. The molecule has 1 aromatic rings. The number of alkyl halides is 3. The van der Waals surface area contributed by atoms with Gasteiger partial charge in [0.2, 0.25) is 0 Å². The van der Waals surface area contributed by atoms with Crippen molar-refractivity contribution in [1.82, 2.24) is 0 Å². The molecule has 1 aromatic carbocycles. The largest absolute Gasteiger partial charge is 0.501 e. The SMILES string of the molecule is CC(N)/C=C/c1cccc(S(=O)(=O)C(F)(F)F)c1. The first kappa shape index (κ1) is 14.7. The van der Waals surface area contributed by atoms with E-state index in [0.29, 0.717) is 5.56 Å². The number of halogens is 3. The molecule has 1 atom stereocenters. The first-order valence-electron chi connectivity index (χ1n) is 5.00. The van der Waals surface area contributed by atoms with Gasteiger partial charge in [0, 0.05) is 6.04 Å². The summed E-state index contributed by atoms with van der Waals surface area (Å²) < 4.78 is 59.4. The van der Waals surface area contributed by atoms with Crippen molar-refractivity contribution in [2.24, 2.45) is 5.73 Å². The van der Waals surface area contributed by atoms with Gasteiger partial charge in [-0.1, -0.05) is 24.3 Å². The topological polar surface area (TPSA) is 60.2 Å². The van der Waals surface area contributed by atoms with E-state index in [4.69, 9.17) is 5.73 Å². The van der Waals surface area contributed by atoms with E-state index in [0.717, 1.165) is 12.1 Å². The Morgan fingerprint density at radius 3 is 2.44 bits per heavy atom. The summed E-state index contributed by atoms with van der Waals surface area (Å²) in [5.41, 5.74) is 0.498. The maximum atomic E-state index is 12.3. The molecular formula is C11H12F3NO2S. The van der Waals surface area contributed by atoms with Crippen LogP contribution in [0, 0.1) is 0 Å². The summed E-state index contributed by atoms with van der Waals surface area (Å²) in [6.07, 6.45) is 3.03. The molecule has 0 amide bonds. The zero-order chi connectivity index (χ0) is 14.0. The Labute approximate surface area is 103 Å². The third kappa shape index (κ3) is 3.33. The quantitative estimate of drug-likeness (QED) is 0.923. The predicted octanol–water partition coefficient (Wildman–Crippen LogP) is 2.34. The highest BCUT2D eigenvalue weighted by molar-refractivity contribution is 7.92. The molecule has 0 aromatic heterocycles.